The van der Waals surface area contributed by atoms with E-state index in [9.17, 15) is 4.79 Å². The van der Waals surface area contributed by atoms with Gasteiger partial charge in [0.2, 0.25) is 0 Å². The van der Waals surface area contributed by atoms with E-state index in [1.807, 2.05) is 13.8 Å². The molecule has 0 spiro atoms. The van der Waals surface area contributed by atoms with Crippen molar-refractivity contribution in [2.45, 2.75) is 20.3 Å². The fourth-order valence-electron chi connectivity index (χ4n) is 0.419. The van der Waals surface area contributed by atoms with Crippen LogP contribution in [0.5, 0.6) is 0 Å². The summed E-state index contributed by atoms with van der Waals surface area (Å²) in [5, 5.41) is 11.1. The molecule has 0 amide bonds. The molecule has 0 saturated heterocycles. The second kappa shape index (κ2) is 4.32. The Balaban J connectivity index is 3.01. The molecule has 0 unspecified atom stereocenters. The number of carboxylic acids is 1. The summed E-state index contributed by atoms with van der Waals surface area (Å²) < 4.78 is 0. The van der Waals surface area contributed by atoms with Crippen molar-refractivity contribution in [2.75, 3.05) is 6.54 Å². The molecule has 0 aromatic heterocycles. The molecule has 0 heterocycles. The standard InChI is InChI=1S/C6H12NO2/c1-5(2)7-4-3-6(8)9/h7H,3-4H2,1-2H3,(H,8,9). The van der Waals surface area contributed by atoms with Crippen molar-refractivity contribution >= 4 is 5.97 Å². The minimum atomic E-state index is -0.760. The van der Waals surface area contributed by atoms with E-state index in [1.54, 1.807) is 0 Å². The molecule has 3 heteroatoms. The maximum absolute atomic E-state index is 9.93. The van der Waals surface area contributed by atoms with Crippen molar-refractivity contribution in [3.63, 3.8) is 0 Å². The molecule has 1 radical (unpaired) electrons. The first-order valence-corrected chi connectivity index (χ1v) is 2.88. The van der Waals surface area contributed by atoms with Crippen LogP contribution in [0.1, 0.15) is 20.3 Å². The van der Waals surface area contributed by atoms with Crippen LogP contribution < -0.4 is 5.32 Å². The van der Waals surface area contributed by atoms with Crippen molar-refractivity contribution in [1.29, 1.82) is 0 Å². The summed E-state index contributed by atoms with van der Waals surface area (Å²) in [6.07, 6.45) is 0.186. The van der Waals surface area contributed by atoms with Crippen LogP contribution in [-0.4, -0.2) is 17.6 Å². The molecule has 0 aliphatic heterocycles. The molecule has 0 aliphatic rings. The van der Waals surface area contributed by atoms with Crippen molar-refractivity contribution in [1.82, 2.24) is 5.32 Å². The zero-order valence-corrected chi connectivity index (χ0v) is 5.77. The molecular weight excluding hydrogens is 118 g/mol. The Kier molecular flexibility index (Phi) is 4.05. The van der Waals surface area contributed by atoms with Crippen molar-refractivity contribution in [3.8, 4) is 0 Å². The van der Waals surface area contributed by atoms with E-state index in [1.165, 1.54) is 0 Å². The van der Waals surface area contributed by atoms with Crippen LogP contribution in [0.4, 0.5) is 0 Å². The van der Waals surface area contributed by atoms with Crippen LogP contribution in [0.3, 0.4) is 0 Å². The monoisotopic (exact) mass is 130 g/mol. The van der Waals surface area contributed by atoms with E-state index in [-0.39, 0.29) is 6.42 Å². The fourth-order valence-corrected chi connectivity index (χ4v) is 0.419. The second-order valence-corrected chi connectivity index (χ2v) is 2.07. The Morgan fingerprint density at radius 3 is 2.44 bits per heavy atom. The van der Waals surface area contributed by atoms with Crippen LogP contribution in [0.2, 0.25) is 0 Å². The van der Waals surface area contributed by atoms with Crippen LogP contribution in [0, 0.1) is 6.04 Å². The number of nitrogens with one attached hydrogen (secondary N) is 1. The quantitative estimate of drug-likeness (QED) is 0.586. The first-order valence-electron chi connectivity index (χ1n) is 2.88. The minimum Gasteiger partial charge on any atom is -0.481 e. The lowest BCUT2D eigenvalue weighted by Crippen LogP contribution is -2.19. The highest BCUT2D eigenvalue weighted by molar-refractivity contribution is 5.66. The Bertz CT molecular complexity index is 91.1. The van der Waals surface area contributed by atoms with Gasteiger partial charge in [0, 0.05) is 12.6 Å². The lowest BCUT2D eigenvalue weighted by molar-refractivity contribution is -0.136. The van der Waals surface area contributed by atoms with Crippen LogP contribution in [-0.2, 0) is 4.79 Å². The highest BCUT2D eigenvalue weighted by Gasteiger charge is 1.96. The maximum atomic E-state index is 9.93. The second-order valence-electron chi connectivity index (χ2n) is 2.07. The molecule has 53 valence electrons. The van der Waals surface area contributed by atoms with Gasteiger partial charge in [-0.05, 0) is 13.8 Å². The molecule has 0 rings (SSSR count). The van der Waals surface area contributed by atoms with E-state index < -0.39 is 5.97 Å². The van der Waals surface area contributed by atoms with Crippen molar-refractivity contribution in [2.24, 2.45) is 0 Å². The lowest BCUT2D eigenvalue weighted by atomic mass is 10.3. The highest BCUT2D eigenvalue weighted by atomic mass is 16.4. The molecule has 0 aromatic rings. The van der Waals surface area contributed by atoms with Crippen molar-refractivity contribution in [3.05, 3.63) is 6.04 Å². The third-order valence-corrected chi connectivity index (χ3v) is 0.817. The molecule has 0 saturated carbocycles. The third-order valence-electron chi connectivity index (χ3n) is 0.817. The number of rotatable bonds is 4. The van der Waals surface area contributed by atoms with Gasteiger partial charge in [-0.3, -0.25) is 4.79 Å². The Labute approximate surface area is 55.1 Å². The average molecular weight is 130 g/mol. The van der Waals surface area contributed by atoms with E-state index in [0.717, 1.165) is 6.04 Å². The SMILES string of the molecule is C[C](C)NCCC(=O)O. The molecule has 0 aliphatic carbocycles. The van der Waals surface area contributed by atoms with Gasteiger partial charge in [-0.2, -0.15) is 0 Å². The molecule has 0 atom stereocenters. The first kappa shape index (κ1) is 8.43. The summed E-state index contributed by atoms with van der Waals surface area (Å²) in [6.45, 7) is 4.33. The summed E-state index contributed by atoms with van der Waals surface area (Å²) in [4.78, 5) is 9.93. The number of aliphatic carboxylic acids is 1. The third kappa shape index (κ3) is 7.43. The summed E-state index contributed by atoms with van der Waals surface area (Å²) >= 11 is 0. The van der Waals surface area contributed by atoms with Gasteiger partial charge in [-0.15, -0.1) is 0 Å². The maximum Gasteiger partial charge on any atom is 0.304 e. The smallest absolute Gasteiger partial charge is 0.304 e. The van der Waals surface area contributed by atoms with Gasteiger partial charge in [0.1, 0.15) is 0 Å². The molecule has 3 nitrogen and oxygen atoms in total. The summed E-state index contributed by atoms with van der Waals surface area (Å²) in [6, 6.07) is 1.05. The van der Waals surface area contributed by atoms with Gasteiger partial charge in [0.25, 0.3) is 0 Å². The highest BCUT2D eigenvalue weighted by Crippen LogP contribution is 1.86. The summed E-state index contributed by atoms with van der Waals surface area (Å²) in [5.41, 5.74) is 0. The van der Waals surface area contributed by atoms with Gasteiger partial charge >= 0.3 is 5.97 Å². The Morgan fingerprint density at radius 1 is 1.56 bits per heavy atom. The van der Waals surface area contributed by atoms with Crippen LogP contribution >= 0.6 is 0 Å². The number of carbonyl (C=O) groups is 1. The van der Waals surface area contributed by atoms with E-state index in [4.69, 9.17) is 5.11 Å². The molecule has 0 fully saturated rings. The number of carboxylic acid groups (broad SMARTS) is 1. The predicted molar refractivity (Wildman–Crippen MR) is 34.8 cm³/mol. The minimum absolute atomic E-state index is 0.186. The average Bonchev–Trinajstić information content (AvgIpc) is 1.63. The first-order chi connectivity index (χ1) is 4.13. The van der Waals surface area contributed by atoms with Gasteiger partial charge in [0.05, 0.1) is 6.42 Å². The number of hydrogen-bond acceptors (Lipinski definition) is 2. The zero-order valence-electron chi connectivity index (χ0n) is 5.77. The van der Waals surface area contributed by atoms with Crippen molar-refractivity contribution < 1.29 is 9.90 Å². The fraction of sp³-hybridized carbons (Fsp3) is 0.667. The normalized spacial score (nSPS) is 10.1. The zero-order chi connectivity index (χ0) is 7.28. The largest absolute Gasteiger partial charge is 0.481 e. The van der Waals surface area contributed by atoms with E-state index >= 15 is 0 Å². The van der Waals surface area contributed by atoms with Crippen LogP contribution in [0.15, 0.2) is 0 Å². The van der Waals surface area contributed by atoms with Crippen LogP contribution in [0.25, 0.3) is 0 Å². The van der Waals surface area contributed by atoms with Gasteiger partial charge in [0.15, 0.2) is 0 Å². The summed E-state index contributed by atoms with van der Waals surface area (Å²) in [7, 11) is 0. The van der Waals surface area contributed by atoms with Gasteiger partial charge < -0.3 is 10.4 Å². The predicted octanol–water partition coefficient (Wildman–Crippen LogP) is 0.622. The molecule has 0 aromatic carbocycles. The number of hydrogen-bond donors (Lipinski definition) is 2. The summed E-state index contributed by atoms with van der Waals surface area (Å²) in [5.74, 6) is -0.760. The van der Waals surface area contributed by atoms with Gasteiger partial charge in [-0.1, -0.05) is 0 Å². The molecule has 2 N–H and O–H groups in total. The van der Waals surface area contributed by atoms with E-state index in [2.05, 4.69) is 5.32 Å². The van der Waals surface area contributed by atoms with E-state index in [0.29, 0.717) is 6.54 Å². The molecule has 9 heavy (non-hydrogen) atoms. The lowest BCUT2D eigenvalue weighted by Gasteiger charge is -2.03. The molecular formula is C6H12NO2. The molecule has 0 bridgehead atoms. The Hall–Kier alpha value is -0.570. The topological polar surface area (TPSA) is 49.3 Å². The van der Waals surface area contributed by atoms with Gasteiger partial charge in [-0.25, -0.2) is 0 Å². The Morgan fingerprint density at radius 2 is 2.11 bits per heavy atom.